The fourth-order valence-corrected chi connectivity index (χ4v) is 3.14. The Morgan fingerprint density at radius 1 is 1.29 bits per heavy atom. The van der Waals surface area contributed by atoms with Crippen molar-refractivity contribution in [3.63, 3.8) is 0 Å². The molecule has 1 saturated carbocycles. The second-order valence-electron chi connectivity index (χ2n) is 4.61. The summed E-state index contributed by atoms with van der Waals surface area (Å²) in [6, 6.07) is 8.83. The van der Waals surface area contributed by atoms with Crippen molar-refractivity contribution in [3.8, 4) is 0 Å². The van der Waals surface area contributed by atoms with Crippen molar-refractivity contribution in [1.82, 2.24) is 0 Å². The first-order chi connectivity index (χ1) is 6.86. The standard InChI is InChI=1S/C12H11NO/c14-12-9-6-8(9)11-5-7-3-1-2-4-10(7)13(11)12/h1-4,8-9,11H,5-6H2. The maximum atomic E-state index is 11.9. The summed E-state index contributed by atoms with van der Waals surface area (Å²) < 4.78 is 0. The summed E-state index contributed by atoms with van der Waals surface area (Å²) in [6.45, 7) is 0. The SMILES string of the molecule is O=C1C2CC2C2Cc3ccccc3N12. The van der Waals surface area contributed by atoms with Crippen molar-refractivity contribution in [2.24, 2.45) is 11.8 Å². The van der Waals surface area contributed by atoms with E-state index in [0.717, 1.165) is 12.8 Å². The van der Waals surface area contributed by atoms with Gasteiger partial charge in [0.05, 0.1) is 0 Å². The van der Waals surface area contributed by atoms with Crippen LogP contribution in [0.1, 0.15) is 12.0 Å². The Morgan fingerprint density at radius 2 is 2.14 bits per heavy atom. The van der Waals surface area contributed by atoms with E-state index < -0.39 is 0 Å². The second kappa shape index (κ2) is 2.02. The third kappa shape index (κ3) is 0.637. The van der Waals surface area contributed by atoms with Gasteiger partial charge in [0.2, 0.25) is 5.91 Å². The fourth-order valence-electron chi connectivity index (χ4n) is 3.14. The molecule has 14 heavy (non-hydrogen) atoms. The molecule has 0 aromatic heterocycles. The van der Waals surface area contributed by atoms with Gasteiger partial charge in [0.1, 0.15) is 0 Å². The molecule has 1 aromatic rings. The average Bonchev–Trinajstić information content (AvgIpc) is 2.83. The van der Waals surface area contributed by atoms with Crippen LogP contribution in [0.15, 0.2) is 24.3 Å². The molecule has 3 unspecified atom stereocenters. The fraction of sp³-hybridized carbons (Fsp3) is 0.417. The number of hydrogen-bond donors (Lipinski definition) is 0. The molecule has 1 saturated heterocycles. The van der Waals surface area contributed by atoms with E-state index >= 15 is 0 Å². The van der Waals surface area contributed by atoms with Crippen molar-refractivity contribution in [2.75, 3.05) is 4.90 Å². The summed E-state index contributed by atoms with van der Waals surface area (Å²) in [5, 5.41) is 0. The number of carbonyl (C=O) groups excluding carboxylic acids is 1. The predicted octanol–water partition coefficient (Wildman–Crippen LogP) is 1.59. The Hall–Kier alpha value is -1.31. The van der Waals surface area contributed by atoms with Crippen LogP contribution in [-0.4, -0.2) is 11.9 Å². The Bertz CT molecular complexity index is 440. The maximum absolute atomic E-state index is 11.9. The molecule has 1 amide bonds. The van der Waals surface area contributed by atoms with Gasteiger partial charge in [0.25, 0.3) is 0 Å². The number of piperidine rings is 1. The normalized spacial score (nSPS) is 36.7. The van der Waals surface area contributed by atoms with Crippen molar-refractivity contribution >= 4 is 11.6 Å². The van der Waals surface area contributed by atoms with Gasteiger partial charge in [0, 0.05) is 17.6 Å². The molecule has 3 atom stereocenters. The number of anilines is 1. The summed E-state index contributed by atoms with van der Waals surface area (Å²) in [7, 11) is 0. The first-order valence-electron chi connectivity index (χ1n) is 5.27. The zero-order valence-corrected chi connectivity index (χ0v) is 7.81. The van der Waals surface area contributed by atoms with Gasteiger partial charge in [-0.1, -0.05) is 18.2 Å². The molecule has 70 valence electrons. The minimum absolute atomic E-state index is 0.380. The van der Waals surface area contributed by atoms with Crippen LogP contribution in [0.2, 0.25) is 0 Å². The third-order valence-electron chi connectivity index (χ3n) is 3.90. The lowest BCUT2D eigenvalue weighted by molar-refractivity contribution is -0.118. The highest BCUT2D eigenvalue weighted by molar-refractivity contribution is 6.02. The first-order valence-corrected chi connectivity index (χ1v) is 5.27. The van der Waals surface area contributed by atoms with Gasteiger partial charge in [-0.25, -0.2) is 0 Å². The van der Waals surface area contributed by atoms with Crippen LogP contribution in [0.4, 0.5) is 5.69 Å². The summed E-state index contributed by atoms with van der Waals surface area (Å²) >= 11 is 0. The number of para-hydroxylation sites is 1. The van der Waals surface area contributed by atoms with Crippen molar-refractivity contribution in [2.45, 2.75) is 18.9 Å². The third-order valence-corrected chi connectivity index (χ3v) is 3.90. The van der Waals surface area contributed by atoms with E-state index in [0.29, 0.717) is 23.8 Å². The first kappa shape index (κ1) is 7.04. The zero-order valence-electron chi connectivity index (χ0n) is 7.81. The molecule has 2 fully saturated rings. The van der Waals surface area contributed by atoms with E-state index in [1.54, 1.807) is 0 Å². The van der Waals surface area contributed by atoms with Crippen LogP contribution in [0.3, 0.4) is 0 Å². The summed E-state index contributed by atoms with van der Waals surface area (Å²) in [4.78, 5) is 14.0. The van der Waals surface area contributed by atoms with Crippen molar-refractivity contribution in [3.05, 3.63) is 29.8 Å². The number of benzene rings is 1. The van der Waals surface area contributed by atoms with E-state index in [-0.39, 0.29) is 0 Å². The summed E-state index contributed by atoms with van der Waals surface area (Å²) in [6.07, 6.45) is 2.23. The van der Waals surface area contributed by atoms with E-state index in [1.165, 1.54) is 11.3 Å². The predicted molar refractivity (Wildman–Crippen MR) is 53.0 cm³/mol. The number of amides is 1. The molecule has 0 N–H and O–H groups in total. The van der Waals surface area contributed by atoms with Crippen molar-refractivity contribution < 1.29 is 4.79 Å². The van der Waals surface area contributed by atoms with Crippen LogP contribution in [0, 0.1) is 11.8 Å². The molecular weight excluding hydrogens is 174 g/mol. The van der Waals surface area contributed by atoms with E-state index in [2.05, 4.69) is 18.2 Å². The lowest BCUT2D eigenvalue weighted by Crippen LogP contribution is -2.33. The molecule has 2 nitrogen and oxygen atoms in total. The quantitative estimate of drug-likeness (QED) is 0.601. The Labute approximate surface area is 82.5 Å². The molecule has 0 spiro atoms. The highest BCUT2D eigenvalue weighted by Gasteiger charge is 2.60. The van der Waals surface area contributed by atoms with E-state index in [1.807, 2.05) is 11.0 Å². The smallest absolute Gasteiger partial charge is 0.230 e. The monoisotopic (exact) mass is 185 g/mol. The topological polar surface area (TPSA) is 20.3 Å². The van der Waals surface area contributed by atoms with Crippen LogP contribution in [0.5, 0.6) is 0 Å². The Balaban J connectivity index is 1.89. The van der Waals surface area contributed by atoms with Gasteiger partial charge >= 0.3 is 0 Å². The minimum atomic E-state index is 0.380. The second-order valence-corrected chi connectivity index (χ2v) is 4.61. The molecule has 2 heterocycles. The van der Waals surface area contributed by atoms with Crippen LogP contribution >= 0.6 is 0 Å². The Morgan fingerprint density at radius 3 is 3.07 bits per heavy atom. The number of nitrogens with zero attached hydrogens (tertiary/aromatic N) is 1. The summed E-state index contributed by atoms with van der Waals surface area (Å²) in [5.41, 5.74) is 2.53. The number of carbonyl (C=O) groups is 1. The van der Waals surface area contributed by atoms with Gasteiger partial charge in [0.15, 0.2) is 0 Å². The maximum Gasteiger partial charge on any atom is 0.230 e. The van der Waals surface area contributed by atoms with Crippen LogP contribution < -0.4 is 4.90 Å². The number of hydrogen-bond acceptors (Lipinski definition) is 1. The lowest BCUT2D eigenvalue weighted by atomic mass is 10.1. The van der Waals surface area contributed by atoms with Gasteiger partial charge in [-0.3, -0.25) is 4.79 Å². The highest BCUT2D eigenvalue weighted by Crippen LogP contribution is 2.55. The molecule has 0 bridgehead atoms. The van der Waals surface area contributed by atoms with Gasteiger partial charge in [-0.05, 0) is 30.4 Å². The van der Waals surface area contributed by atoms with E-state index in [4.69, 9.17) is 0 Å². The molecule has 1 aromatic carbocycles. The molecular formula is C12H11NO. The number of fused-ring (bicyclic) bond motifs is 5. The van der Waals surface area contributed by atoms with Gasteiger partial charge < -0.3 is 4.90 Å². The van der Waals surface area contributed by atoms with Gasteiger partial charge in [-0.15, -0.1) is 0 Å². The van der Waals surface area contributed by atoms with Crippen LogP contribution in [-0.2, 0) is 11.2 Å². The average molecular weight is 185 g/mol. The largest absolute Gasteiger partial charge is 0.308 e. The molecule has 3 aliphatic rings. The van der Waals surface area contributed by atoms with Crippen molar-refractivity contribution in [1.29, 1.82) is 0 Å². The zero-order chi connectivity index (χ0) is 9.28. The van der Waals surface area contributed by atoms with Gasteiger partial charge in [-0.2, -0.15) is 0 Å². The Kier molecular flexibility index (Phi) is 1.02. The lowest BCUT2D eigenvalue weighted by Gasteiger charge is -2.19. The molecule has 2 heteroatoms. The number of rotatable bonds is 0. The van der Waals surface area contributed by atoms with Crippen LogP contribution in [0.25, 0.3) is 0 Å². The summed E-state index contributed by atoms with van der Waals surface area (Å²) in [5.74, 6) is 1.44. The molecule has 2 aliphatic heterocycles. The molecule has 4 rings (SSSR count). The minimum Gasteiger partial charge on any atom is -0.308 e. The molecule has 0 radical (unpaired) electrons. The molecule has 1 aliphatic carbocycles. The van der Waals surface area contributed by atoms with E-state index in [9.17, 15) is 4.79 Å². The highest BCUT2D eigenvalue weighted by atomic mass is 16.2.